The zero-order chi connectivity index (χ0) is 24.3. The highest BCUT2D eigenvalue weighted by Crippen LogP contribution is 2.34. The third-order valence-corrected chi connectivity index (χ3v) is 5.97. The smallest absolute Gasteiger partial charge is 0.469 e. The molecule has 0 fully saturated rings. The molecule has 1 amide bonds. The van der Waals surface area contributed by atoms with Gasteiger partial charge in [-0.2, -0.15) is 0 Å². The number of nitrogens with one attached hydrogen (secondary N) is 1. The highest BCUT2D eigenvalue weighted by Gasteiger charge is 2.52. The molecule has 2 aliphatic rings. The van der Waals surface area contributed by atoms with Gasteiger partial charge in [-0.25, -0.2) is 0 Å². The molecule has 9 heteroatoms. The molecule has 3 heterocycles. The number of hydrogen-bond acceptors (Lipinski definition) is 3. The van der Waals surface area contributed by atoms with E-state index in [4.69, 9.17) is 0 Å². The van der Waals surface area contributed by atoms with E-state index in [0.717, 1.165) is 14.5 Å². The Morgan fingerprint density at radius 2 is 2.00 bits per heavy atom. The number of carbonyl (C=O) groups excluding carboxylic acids is 2. The fourth-order valence-electron chi connectivity index (χ4n) is 4.52. The molecule has 33 heavy (non-hydrogen) atoms. The van der Waals surface area contributed by atoms with Gasteiger partial charge < -0.3 is 27.6 Å². The van der Waals surface area contributed by atoms with Crippen molar-refractivity contribution in [3.05, 3.63) is 53.0 Å². The number of ether oxygens (including phenoxy) is 1. The SMILES string of the molecule is COC(=O)C/C=C/[C@H](CC(C)C)NC(=O)CCC1=[N+]2C(=Cc3c(C)cc(C)n3[B-]2(F)F)C=C1. The van der Waals surface area contributed by atoms with E-state index in [2.05, 4.69) is 10.1 Å². The summed E-state index contributed by atoms with van der Waals surface area (Å²) >= 11 is 0. The fraction of sp³-hybridized carbons (Fsp3) is 0.458. The van der Waals surface area contributed by atoms with Gasteiger partial charge in [-0.15, -0.1) is 0 Å². The highest BCUT2D eigenvalue weighted by atomic mass is 19.2. The number of amides is 1. The van der Waals surface area contributed by atoms with Gasteiger partial charge in [0, 0.05) is 42.8 Å². The van der Waals surface area contributed by atoms with E-state index >= 15 is 8.63 Å². The van der Waals surface area contributed by atoms with Crippen molar-refractivity contribution in [2.24, 2.45) is 5.92 Å². The molecule has 0 aromatic carbocycles. The van der Waals surface area contributed by atoms with Crippen LogP contribution in [0.5, 0.6) is 0 Å². The van der Waals surface area contributed by atoms with Crippen LogP contribution in [0.15, 0.2) is 36.1 Å². The van der Waals surface area contributed by atoms with Gasteiger partial charge in [0.2, 0.25) is 5.91 Å². The number of hydrogen-bond donors (Lipinski definition) is 1. The van der Waals surface area contributed by atoms with Crippen LogP contribution >= 0.6 is 0 Å². The van der Waals surface area contributed by atoms with E-state index in [0.29, 0.717) is 35.1 Å². The Balaban J connectivity index is 1.71. The zero-order valence-electron chi connectivity index (χ0n) is 19.9. The van der Waals surface area contributed by atoms with Crippen molar-refractivity contribution in [2.75, 3.05) is 7.11 Å². The van der Waals surface area contributed by atoms with Crippen LogP contribution < -0.4 is 5.32 Å². The van der Waals surface area contributed by atoms with Gasteiger partial charge in [-0.1, -0.05) is 26.0 Å². The lowest BCUT2D eigenvalue weighted by Gasteiger charge is -2.30. The van der Waals surface area contributed by atoms with E-state index in [9.17, 15) is 9.59 Å². The molecule has 1 aromatic heterocycles. The minimum absolute atomic E-state index is 0.0889. The number of esters is 1. The summed E-state index contributed by atoms with van der Waals surface area (Å²) in [5, 5.41) is 2.95. The molecule has 0 saturated heterocycles. The molecule has 1 atom stereocenters. The molecular weight excluding hydrogens is 427 g/mol. The number of allylic oxidation sites excluding steroid dienone is 2. The predicted molar refractivity (Wildman–Crippen MR) is 126 cm³/mol. The van der Waals surface area contributed by atoms with E-state index in [1.165, 1.54) is 7.11 Å². The van der Waals surface area contributed by atoms with Crippen LogP contribution in [0.3, 0.4) is 0 Å². The van der Waals surface area contributed by atoms with Crippen LogP contribution in [0.1, 0.15) is 56.5 Å². The fourth-order valence-corrected chi connectivity index (χ4v) is 4.52. The number of halogens is 2. The largest absolute Gasteiger partial charge is 0.737 e. The maximum atomic E-state index is 15.5. The first-order chi connectivity index (χ1) is 15.5. The highest BCUT2D eigenvalue weighted by molar-refractivity contribution is 6.58. The molecule has 0 aliphatic carbocycles. The third-order valence-electron chi connectivity index (χ3n) is 5.97. The van der Waals surface area contributed by atoms with Gasteiger partial charge in [0.15, 0.2) is 5.70 Å². The van der Waals surface area contributed by atoms with Gasteiger partial charge in [-0.05, 0) is 43.5 Å². The van der Waals surface area contributed by atoms with Crippen LogP contribution in [0.25, 0.3) is 6.08 Å². The van der Waals surface area contributed by atoms with Gasteiger partial charge >= 0.3 is 12.9 Å². The zero-order valence-corrected chi connectivity index (χ0v) is 19.9. The van der Waals surface area contributed by atoms with Gasteiger partial charge in [0.1, 0.15) is 5.71 Å². The predicted octanol–water partition coefficient (Wildman–Crippen LogP) is 4.14. The Morgan fingerprint density at radius 1 is 1.27 bits per heavy atom. The Hall–Kier alpha value is -2.97. The van der Waals surface area contributed by atoms with Crippen LogP contribution in [0, 0.1) is 19.8 Å². The van der Waals surface area contributed by atoms with Gasteiger partial charge in [-0.3, -0.25) is 9.59 Å². The second-order valence-corrected chi connectivity index (χ2v) is 9.09. The average molecular weight is 459 g/mol. The molecular formula is C24H32BF2N3O3. The van der Waals surface area contributed by atoms with Crippen LogP contribution in [0.2, 0.25) is 0 Å². The maximum absolute atomic E-state index is 15.5. The molecule has 6 nitrogen and oxygen atoms in total. The second kappa shape index (κ2) is 9.89. The number of fused-ring (bicyclic) bond motifs is 2. The van der Waals surface area contributed by atoms with Gasteiger partial charge in [0.25, 0.3) is 0 Å². The summed E-state index contributed by atoms with van der Waals surface area (Å²) in [7, 11) is 1.33. The third kappa shape index (κ3) is 5.34. The Morgan fingerprint density at radius 3 is 2.67 bits per heavy atom. The van der Waals surface area contributed by atoms with Crippen LogP contribution in [-0.4, -0.2) is 46.7 Å². The minimum Gasteiger partial charge on any atom is -0.469 e. The molecule has 0 unspecified atom stereocenters. The van der Waals surface area contributed by atoms with E-state index in [-0.39, 0.29) is 37.2 Å². The normalized spacial score (nSPS) is 17.3. The lowest BCUT2D eigenvalue weighted by molar-refractivity contribution is -0.362. The Kier molecular flexibility index (Phi) is 7.39. The van der Waals surface area contributed by atoms with E-state index in [1.54, 1.807) is 43.4 Å². The van der Waals surface area contributed by atoms with Crippen LogP contribution in [0.4, 0.5) is 8.63 Å². The lowest BCUT2D eigenvalue weighted by Crippen LogP contribution is -2.50. The van der Waals surface area contributed by atoms with Crippen LogP contribution in [-0.2, 0) is 14.3 Å². The van der Waals surface area contributed by atoms with E-state index < -0.39 is 6.97 Å². The number of nitrogens with zero attached hydrogens (tertiary/aromatic N) is 2. The van der Waals surface area contributed by atoms with Crippen molar-refractivity contribution in [1.29, 1.82) is 0 Å². The molecule has 0 radical (unpaired) electrons. The maximum Gasteiger partial charge on any atom is 0.737 e. The summed E-state index contributed by atoms with van der Waals surface area (Å²) < 4.78 is 37.8. The average Bonchev–Trinajstić information content (AvgIpc) is 3.27. The molecule has 0 spiro atoms. The first-order valence-electron chi connectivity index (χ1n) is 11.3. The quantitative estimate of drug-likeness (QED) is 0.343. The molecule has 1 N–H and O–H groups in total. The number of aryl methyl sites for hydroxylation is 2. The molecule has 3 rings (SSSR count). The summed E-state index contributed by atoms with van der Waals surface area (Å²) in [4.78, 5) is 23.9. The summed E-state index contributed by atoms with van der Waals surface area (Å²) in [5.41, 5.74) is 2.75. The van der Waals surface area contributed by atoms with Crippen molar-refractivity contribution >= 4 is 30.6 Å². The first-order valence-corrected chi connectivity index (χ1v) is 11.3. The monoisotopic (exact) mass is 459 g/mol. The standard InChI is InChI=1S/C24H32BF2N3O3/c1-16(2)13-19(7-6-8-24(32)33-5)28-23(31)12-11-20-9-10-21-15-22-17(3)14-18(4)29(22)25(26,27)30(20)21/h6-7,9-10,14-16,19H,8,11-13H2,1-5H3,(H,28,31)/b7-6+/t19-/m1/s1. The second-order valence-electron chi connectivity index (χ2n) is 9.09. The van der Waals surface area contributed by atoms with Crippen molar-refractivity contribution in [2.45, 2.75) is 59.4 Å². The van der Waals surface area contributed by atoms with Crippen molar-refractivity contribution < 1.29 is 27.4 Å². The summed E-state index contributed by atoms with van der Waals surface area (Å²) in [6.45, 7) is 3.57. The van der Waals surface area contributed by atoms with Crippen molar-refractivity contribution in [3.63, 3.8) is 0 Å². The molecule has 0 bridgehead atoms. The number of methoxy groups -OCH3 is 1. The number of rotatable bonds is 9. The summed E-state index contributed by atoms with van der Waals surface area (Å²) in [5.74, 6) is -0.243. The molecule has 0 saturated carbocycles. The topological polar surface area (TPSA) is 63.3 Å². The summed E-state index contributed by atoms with van der Waals surface area (Å²) in [6.07, 6.45) is 9.73. The minimum atomic E-state index is -4.03. The summed E-state index contributed by atoms with van der Waals surface area (Å²) in [6, 6.07) is 1.53. The van der Waals surface area contributed by atoms with Crippen molar-refractivity contribution in [1.82, 2.24) is 9.79 Å². The molecule has 178 valence electrons. The van der Waals surface area contributed by atoms with Crippen molar-refractivity contribution in [3.8, 4) is 0 Å². The molecule has 2 aliphatic heterocycles. The number of aromatic nitrogens is 1. The number of carbonyl (C=O) groups is 2. The lowest BCUT2D eigenvalue weighted by atomic mass is 9.90. The van der Waals surface area contributed by atoms with E-state index in [1.807, 2.05) is 20.8 Å². The molecule has 1 aromatic rings. The Bertz CT molecular complexity index is 1070. The first kappa shape index (κ1) is 24.7. The Labute approximate surface area is 193 Å². The van der Waals surface area contributed by atoms with Gasteiger partial charge in [0.05, 0.1) is 13.5 Å².